The van der Waals surface area contributed by atoms with Gasteiger partial charge >= 0.3 is 0 Å². The number of aryl methyl sites for hydroxylation is 2. The molecule has 0 unspecified atom stereocenters. The molecule has 6 rings (SSSR count). The zero-order chi connectivity index (χ0) is 25.6. The lowest BCUT2D eigenvalue weighted by molar-refractivity contribution is -0.660. The standard InChI is InChI=1S/C27H23N2O/c1-16-10-11-17-18-12-13-19-23(24-20(27(19,2)3)8-7-14-28-24)26(18)30-25(17)22(16)21-9-5-6-15-29(21)4/h5-15H,1-4H3/q+1/i2D3,3D3. The third kappa shape index (κ3) is 2.10. The lowest BCUT2D eigenvalue weighted by Crippen LogP contribution is -2.30. The fraction of sp³-hybridized carbons (Fsp3) is 0.185. The Morgan fingerprint density at radius 1 is 0.900 bits per heavy atom. The van der Waals surface area contributed by atoms with Crippen LogP contribution in [0.4, 0.5) is 0 Å². The molecule has 146 valence electrons. The van der Waals surface area contributed by atoms with Crippen LogP contribution >= 0.6 is 0 Å². The second-order valence-corrected chi connectivity index (χ2v) is 7.95. The van der Waals surface area contributed by atoms with Gasteiger partial charge in [0.1, 0.15) is 18.2 Å². The van der Waals surface area contributed by atoms with E-state index in [9.17, 15) is 0 Å². The predicted octanol–water partition coefficient (Wildman–Crippen LogP) is 6.09. The van der Waals surface area contributed by atoms with Gasteiger partial charge in [-0.2, -0.15) is 0 Å². The first kappa shape index (κ1) is 12.3. The summed E-state index contributed by atoms with van der Waals surface area (Å²) in [6.45, 7) is -3.68. The highest BCUT2D eigenvalue weighted by Gasteiger charge is 2.38. The van der Waals surface area contributed by atoms with E-state index in [1.54, 1.807) is 30.5 Å². The van der Waals surface area contributed by atoms with Gasteiger partial charge < -0.3 is 4.42 Å². The van der Waals surface area contributed by atoms with Crippen molar-refractivity contribution in [2.45, 2.75) is 26.0 Å². The van der Waals surface area contributed by atoms with Crippen molar-refractivity contribution >= 4 is 21.9 Å². The zero-order valence-corrected chi connectivity index (χ0v) is 16.7. The van der Waals surface area contributed by atoms with E-state index in [0.717, 1.165) is 27.6 Å². The van der Waals surface area contributed by atoms with Gasteiger partial charge in [-0.1, -0.05) is 44.0 Å². The van der Waals surface area contributed by atoms with E-state index in [1.165, 1.54) is 0 Å². The number of rotatable bonds is 1. The molecule has 30 heavy (non-hydrogen) atoms. The summed E-state index contributed by atoms with van der Waals surface area (Å²) >= 11 is 0. The highest BCUT2D eigenvalue weighted by Crippen LogP contribution is 2.52. The minimum Gasteiger partial charge on any atom is -0.454 e. The molecule has 0 aliphatic heterocycles. The third-order valence-corrected chi connectivity index (χ3v) is 6.18. The van der Waals surface area contributed by atoms with Gasteiger partial charge in [-0.25, -0.2) is 4.57 Å². The van der Waals surface area contributed by atoms with Crippen molar-refractivity contribution in [3.05, 3.63) is 83.7 Å². The maximum absolute atomic E-state index is 8.42. The van der Waals surface area contributed by atoms with E-state index in [0.29, 0.717) is 22.4 Å². The Hall–Kier alpha value is -3.46. The number of fused-ring (bicyclic) bond motifs is 7. The van der Waals surface area contributed by atoms with Crippen LogP contribution in [0.25, 0.3) is 44.5 Å². The molecule has 0 bridgehead atoms. The predicted molar refractivity (Wildman–Crippen MR) is 120 cm³/mol. The summed E-state index contributed by atoms with van der Waals surface area (Å²) in [5.74, 6) is 0. The molecule has 0 atom stereocenters. The molecule has 0 amide bonds. The number of pyridine rings is 2. The average molecular weight is 398 g/mol. The van der Waals surface area contributed by atoms with Gasteiger partial charge in [-0.15, -0.1) is 0 Å². The molecule has 0 saturated heterocycles. The molecule has 3 heteroatoms. The maximum Gasteiger partial charge on any atom is 0.216 e. The fourth-order valence-electron chi connectivity index (χ4n) is 4.70. The van der Waals surface area contributed by atoms with Gasteiger partial charge in [0.05, 0.1) is 11.3 Å². The molecule has 3 heterocycles. The summed E-state index contributed by atoms with van der Waals surface area (Å²) in [7, 11) is 1.97. The Labute approximate surface area is 184 Å². The number of furan rings is 1. The summed E-state index contributed by atoms with van der Waals surface area (Å²) in [5.41, 5.74) is 2.98. The van der Waals surface area contributed by atoms with Gasteiger partial charge in [0.2, 0.25) is 5.69 Å². The third-order valence-electron chi connectivity index (χ3n) is 6.18. The first-order valence-electron chi connectivity index (χ1n) is 12.9. The minimum atomic E-state index is -2.85. The molecule has 0 saturated carbocycles. The second kappa shape index (κ2) is 5.79. The SMILES string of the molecule is [2H]C([2H])([2H])C1(C([2H])([2H])[2H])c2cccnc2-c2c1ccc1c2oc2c(-c3cccc[n+]3C)c(C)ccc21. The van der Waals surface area contributed by atoms with Crippen molar-refractivity contribution < 1.29 is 17.2 Å². The monoisotopic (exact) mass is 397 g/mol. The molecule has 2 aromatic carbocycles. The molecule has 3 aromatic heterocycles. The van der Waals surface area contributed by atoms with Crippen LogP contribution in [0.2, 0.25) is 0 Å². The summed E-state index contributed by atoms with van der Waals surface area (Å²) in [6, 6.07) is 16.5. The number of hydrogen-bond acceptors (Lipinski definition) is 2. The van der Waals surface area contributed by atoms with Gasteiger partial charge in [0, 0.05) is 48.3 Å². The van der Waals surface area contributed by atoms with E-state index in [-0.39, 0.29) is 11.1 Å². The molecular formula is C27H23N2O+. The Morgan fingerprint density at radius 3 is 2.50 bits per heavy atom. The van der Waals surface area contributed by atoms with Crippen LogP contribution in [-0.2, 0) is 12.5 Å². The van der Waals surface area contributed by atoms with Crippen LogP contribution in [0, 0.1) is 6.92 Å². The molecule has 0 fully saturated rings. The molecule has 1 aliphatic carbocycles. The van der Waals surface area contributed by atoms with Crippen LogP contribution in [0.3, 0.4) is 0 Å². The molecule has 1 aliphatic rings. The Bertz CT molecular complexity index is 1680. The average Bonchev–Trinajstić information content (AvgIpc) is 3.33. The fourth-order valence-corrected chi connectivity index (χ4v) is 4.70. The maximum atomic E-state index is 8.42. The van der Waals surface area contributed by atoms with E-state index < -0.39 is 19.1 Å². The van der Waals surface area contributed by atoms with E-state index in [4.69, 9.17) is 12.6 Å². The van der Waals surface area contributed by atoms with Crippen molar-refractivity contribution in [2.24, 2.45) is 7.05 Å². The number of aromatic nitrogens is 2. The van der Waals surface area contributed by atoms with Crippen molar-refractivity contribution in [1.82, 2.24) is 4.98 Å². The van der Waals surface area contributed by atoms with E-state index in [2.05, 4.69) is 4.98 Å². The van der Waals surface area contributed by atoms with Crippen LogP contribution in [0.15, 0.2) is 71.4 Å². The van der Waals surface area contributed by atoms with Crippen molar-refractivity contribution in [2.75, 3.05) is 0 Å². The number of nitrogens with zero attached hydrogens (tertiary/aromatic N) is 2. The van der Waals surface area contributed by atoms with Crippen molar-refractivity contribution in [3.8, 4) is 22.5 Å². The first-order chi connectivity index (χ1) is 17.0. The molecule has 0 spiro atoms. The summed E-state index contributed by atoms with van der Waals surface area (Å²) < 4.78 is 59.1. The Balaban J connectivity index is 1.79. The number of hydrogen-bond donors (Lipinski definition) is 0. The summed E-state index contributed by atoms with van der Waals surface area (Å²) in [5, 5.41) is 1.65. The zero-order valence-electron chi connectivity index (χ0n) is 22.7. The Kier molecular flexibility index (Phi) is 2.37. The van der Waals surface area contributed by atoms with Crippen molar-refractivity contribution in [3.63, 3.8) is 0 Å². The van der Waals surface area contributed by atoms with Crippen molar-refractivity contribution in [1.29, 1.82) is 0 Å². The normalized spacial score (nSPS) is 18.1. The van der Waals surface area contributed by atoms with E-state index in [1.807, 2.05) is 55.1 Å². The Morgan fingerprint density at radius 2 is 1.70 bits per heavy atom. The van der Waals surface area contributed by atoms with Gasteiger partial charge in [0.15, 0.2) is 6.20 Å². The minimum absolute atomic E-state index is 0.179. The van der Waals surface area contributed by atoms with E-state index >= 15 is 0 Å². The van der Waals surface area contributed by atoms with Gasteiger partial charge in [0.25, 0.3) is 0 Å². The molecule has 5 aromatic rings. The van der Waals surface area contributed by atoms with Crippen LogP contribution < -0.4 is 4.57 Å². The summed E-state index contributed by atoms with van der Waals surface area (Å²) in [4.78, 5) is 4.49. The highest BCUT2D eigenvalue weighted by molar-refractivity contribution is 6.14. The highest BCUT2D eigenvalue weighted by atomic mass is 16.3. The number of benzene rings is 2. The largest absolute Gasteiger partial charge is 0.454 e. The van der Waals surface area contributed by atoms with Gasteiger partial charge in [-0.05, 0) is 35.7 Å². The van der Waals surface area contributed by atoms with Crippen LogP contribution in [0.5, 0.6) is 0 Å². The summed E-state index contributed by atoms with van der Waals surface area (Å²) in [6.07, 6.45) is 3.52. The molecular weight excluding hydrogens is 368 g/mol. The van der Waals surface area contributed by atoms with Crippen LogP contribution in [-0.4, -0.2) is 4.98 Å². The first-order valence-corrected chi connectivity index (χ1v) is 9.88. The second-order valence-electron chi connectivity index (χ2n) is 7.95. The molecule has 0 N–H and O–H groups in total. The lowest BCUT2D eigenvalue weighted by Gasteiger charge is -2.20. The van der Waals surface area contributed by atoms with Crippen LogP contribution in [0.1, 0.15) is 38.6 Å². The van der Waals surface area contributed by atoms with Gasteiger partial charge in [-0.3, -0.25) is 4.98 Å². The lowest BCUT2D eigenvalue weighted by atomic mass is 9.82. The quantitative estimate of drug-likeness (QED) is 0.321. The molecule has 3 nitrogen and oxygen atoms in total. The smallest absolute Gasteiger partial charge is 0.216 e. The molecule has 0 radical (unpaired) electrons. The topological polar surface area (TPSA) is 29.9 Å².